The summed E-state index contributed by atoms with van der Waals surface area (Å²) in [6.07, 6.45) is 24.3. The van der Waals surface area contributed by atoms with Gasteiger partial charge in [-0.25, -0.2) is 0 Å². The van der Waals surface area contributed by atoms with E-state index in [0.29, 0.717) is 84.8 Å². The maximum atomic E-state index is 15.5. The Morgan fingerprint density at radius 3 is 2.68 bits per heavy atom. The van der Waals surface area contributed by atoms with Crippen LogP contribution in [0.2, 0.25) is 0 Å². The standard InChI is InChI=1S/C55H70N4O7/c1-6-35-15-17-37-27-41-13-8-22-55(41)42-29-45(51-48(30-42)66-53(34-56-2)32-38(11-10-24-65-51)39(33-53)28-50(62)64-5)59-52(57-3)58-23-9-14-40-12-7-21-54(40,49(61)20-18-44(55)43(37)25-35)31-36-16-19-46(60)47(26-36)63-4/h15-20,26,29-30,35,37-41,43-44,50,56,60,62H,6-8,11-14,21-22,25,27-28,31-34H2,1-5H3,(H2,57,58,59). The van der Waals surface area contributed by atoms with Crippen molar-refractivity contribution in [2.45, 2.75) is 121 Å². The van der Waals surface area contributed by atoms with E-state index in [0.717, 1.165) is 76.2 Å². The van der Waals surface area contributed by atoms with Gasteiger partial charge in [0.25, 0.3) is 0 Å². The van der Waals surface area contributed by atoms with Gasteiger partial charge in [0.1, 0.15) is 11.7 Å². The lowest BCUT2D eigenvalue weighted by atomic mass is 9.50. The molecule has 2 heterocycles. The van der Waals surface area contributed by atoms with E-state index in [1.54, 1.807) is 27.3 Å². The Hall–Kier alpha value is -4.94. The number of ether oxygens (including phenoxy) is 4. The zero-order chi connectivity index (χ0) is 46.1. The van der Waals surface area contributed by atoms with Crippen molar-refractivity contribution in [2.24, 2.45) is 57.8 Å². The predicted molar refractivity (Wildman–Crippen MR) is 257 cm³/mol. The summed E-state index contributed by atoms with van der Waals surface area (Å²) in [6.45, 7) is 2.90. The van der Waals surface area contributed by atoms with Crippen molar-refractivity contribution in [3.8, 4) is 47.0 Å². The van der Waals surface area contributed by atoms with Gasteiger partial charge in [-0.15, -0.1) is 0 Å². The molecule has 66 heavy (non-hydrogen) atoms. The zero-order valence-corrected chi connectivity index (χ0v) is 39.6. The molecule has 0 saturated heterocycles. The fraction of sp³-hybridized carbons (Fsp3) is 0.600. The second kappa shape index (κ2) is 19.3. The molecule has 5 aliphatic carbocycles. The number of aromatic hydroxyl groups is 1. The number of anilines is 1. The van der Waals surface area contributed by atoms with Crippen molar-refractivity contribution in [1.29, 1.82) is 0 Å². The number of phenols is 1. The molecule has 4 fully saturated rings. The molecule has 4 saturated carbocycles. The number of aliphatic hydroxyl groups excluding tert-OH is 1. The van der Waals surface area contributed by atoms with Gasteiger partial charge in [0.05, 0.1) is 12.8 Å². The number of hydrogen-bond donors (Lipinski definition) is 5. The highest BCUT2D eigenvalue weighted by Gasteiger charge is 2.58. The van der Waals surface area contributed by atoms with Crippen molar-refractivity contribution in [1.82, 2.24) is 10.6 Å². The highest BCUT2D eigenvalue weighted by molar-refractivity contribution is 5.97. The molecule has 9 rings (SSSR count). The minimum Gasteiger partial charge on any atom is -0.504 e. The van der Waals surface area contributed by atoms with E-state index in [1.165, 1.54) is 5.56 Å². The van der Waals surface area contributed by atoms with Crippen LogP contribution in [0, 0.1) is 76.7 Å². The number of aliphatic hydroxyl groups is 1. The number of phenolic OH excluding ortho intramolecular Hbond substituents is 1. The van der Waals surface area contributed by atoms with Crippen LogP contribution in [0.15, 0.2) is 59.6 Å². The van der Waals surface area contributed by atoms with Gasteiger partial charge < -0.3 is 39.8 Å². The zero-order valence-electron chi connectivity index (χ0n) is 39.6. The van der Waals surface area contributed by atoms with Crippen LogP contribution in [0.25, 0.3) is 0 Å². The Morgan fingerprint density at radius 1 is 1.03 bits per heavy atom. The third-order valence-corrected chi connectivity index (χ3v) is 17.2. The number of nitrogens with zero attached hydrogens (tertiary/aromatic N) is 1. The Labute approximate surface area is 392 Å². The molecule has 4 bridgehead atoms. The molecule has 2 aromatic rings. The number of rotatable bonds is 9. The van der Waals surface area contributed by atoms with Crippen LogP contribution in [0.3, 0.4) is 0 Å². The minimum absolute atomic E-state index is 0.0306. The molecule has 11 heteroatoms. The molecule has 0 amide bonds. The smallest absolute Gasteiger partial charge is 0.207 e. The van der Waals surface area contributed by atoms with Crippen LogP contribution in [-0.2, 0) is 21.4 Å². The van der Waals surface area contributed by atoms with Gasteiger partial charge in [0.15, 0.2) is 29.3 Å². The molecule has 7 aliphatic rings. The summed E-state index contributed by atoms with van der Waals surface area (Å²) in [5.41, 5.74) is 1.29. The first-order valence-corrected chi connectivity index (χ1v) is 24.7. The highest BCUT2D eigenvalue weighted by Crippen LogP contribution is 2.64. The Balaban J connectivity index is 1.22. The number of ketones is 1. The van der Waals surface area contributed by atoms with E-state index in [2.05, 4.69) is 82.2 Å². The molecule has 12 unspecified atom stereocenters. The number of carbonyl (C=O) groups excluding carboxylic acids is 1. The van der Waals surface area contributed by atoms with Gasteiger partial charge in [-0.05, 0) is 160 Å². The summed E-state index contributed by atoms with van der Waals surface area (Å²) in [4.78, 5) is 20.2. The number of guanidine groups is 1. The van der Waals surface area contributed by atoms with Gasteiger partial charge in [-0.1, -0.05) is 55.9 Å². The Morgan fingerprint density at radius 2 is 1.88 bits per heavy atom. The molecule has 352 valence electrons. The number of allylic oxidation sites excluding steroid dienone is 4. The number of benzene rings is 2. The number of aliphatic imine (C=N–C) groups is 1. The molecule has 1 spiro atoms. The second-order valence-corrected chi connectivity index (χ2v) is 20.6. The summed E-state index contributed by atoms with van der Waals surface area (Å²) >= 11 is 0. The van der Waals surface area contributed by atoms with Gasteiger partial charge in [0.2, 0.25) is 11.7 Å². The monoisotopic (exact) mass is 899 g/mol. The maximum absolute atomic E-state index is 15.5. The van der Waals surface area contributed by atoms with Gasteiger partial charge in [0, 0.05) is 56.8 Å². The van der Waals surface area contributed by atoms with Gasteiger partial charge in [-0.3, -0.25) is 15.1 Å². The molecule has 12 atom stereocenters. The predicted octanol–water partition coefficient (Wildman–Crippen LogP) is 8.65. The number of likely N-dealkylation sites (N-methyl/N-ethyl adjacent to an activating group) is 1. The number of nitrogens with one attached hydrogen (secondary N) is 3. The van der Waals surface area contributed by atoms with E-state index < -0.39 is 17.3 Å². The van der Waals surface area contributed by atoms with Crippen LogP contribution >= 0.6 is 0 Å². The van der Waals surface area contributed by atoms with E-state index in [4.69, 9.17) is 18.9 Å². The molecule has 0 aromatic heterocycles. The number of hydrogen-bond acceptors (Lipinski definition) is 9. The molecule has 0 radical (unpaired) electrons. The highest BCUT2D eigenvalue weighted by atomic mass is 16.6. The first kappa shape index (κ1) is 46.2. The van der Waals surface area contributed by atoms with Crippen LogP contribution < -0.4 is 30.2 Å². The molecule has 2 aromatic carbocycles. The topological polar surface area (TPSA) is 143 Å². The lowest BCUT2D eigenvalue weighted by Gasteiger charge is -2.54. The summed E-state index contributed by atoms with van der Waals surface area (Å²) < 4.78 is 24.9. The summed E-state index contributed by atoms with van der Waals surface area (Å²) in [5.74, 6) is 11.1. The Kier molecular flexibility index (Phi) is 13.5. The normalized spacial score (nSPS) is 35.4. The first-order chi connectivity index (χ1) is 32.1. The van der Waals surface area contributed by atoms with Crippen molar-refractivity contribution in [3.05, 3.63) is 65.8 Å². The summed E-state index contributed by atoms with van der Waals surface area (Å²) in [7, 11) is 6.82. The van der Waals surface area contributed by atoms with Crippen molar-refractivity contribution >= 4 is 17.4 Å². The van der Waals surface area contributed by atoms with Crippen molar-refractivity contribution in [2.75, 3.05) is 40.2 Å². The lowest BCUT2D eigenvalue weighted by molar-refractivity contribution is -0.125. The van der Waals surface area contributed by atoms with Crippen molar-refractivity contribution < 1.29 is 34.0 Å². The van der Waals surface area contributed by atoms with E-state index >= 15 is 4.79 Å². The molecule has 2 aliphatic heterocycles. The molecule has 11 nitrogen and oxygen atoms in total. The molecule has 5 N–H and O–H groups in total. The van der Waals surface area contributed by atoms with E-state index in [1.807, 2.05) is 25.3 Å². The number of fused-ring (bicyclic) bond motifs is 9. The fourth-order valence-electron chi connectivity index (χ4n) is 14.1. The van der Waals surface area contributed by atoms with Crippen molar-refractivity contribution in [3.63, 3.8) is 0 Å². The van der Waals surface area contributed by atoms with Crippen LogP contribution in [0.4, 0.5) is 5.69 Å². The average molecular weight is 899 g/mol. The molecular formula is C55H70N4O7. The largest absolute Gasteiger partial charge is 0.504 e. The van der Waals surface area contributed by atoms with E-state index in [9.17, 15) is 10.2 Å². The third-order valence-electron chi connectivity index (χ3n) is 17.2. The van der Waals surface area contributed by atoms with Crippen LogP contribution in [0.1, 0.15) is 108 Å². The van der Waals surface area contributed by atoms with Gasteiger partial charge in [-0.2, -0.15) is 0 Å². The van der Waals surface area contributed by atoms with Crippen LogP contribution in [-0.4, -0.2) is 68.7 Å². The first-order valence-electron chi connectivity index (χ1n) is 24.7. The van der Waals surface area contributed by atoms with Crippen LogP contribution in [0.5, 0.6) is 23.0 Å². The quantitative estimate of drug-likeness (QED) is 0.0944. The number of carbonyl (C=O) groups is 1. The summed E-state index contributed by atoms with van der Waals surface area (Å²) in [6, 6.07) is 13.2. The fourth-order valence-corrected chi connectivity index (χ4v) is 14.1. The van der Waals surface area contributed by atoms with Gasteiger partial charge >= 0.3 is 0 Å². The average Bonchev–Trinajstić information content (AvgIpc) is 4.03. The molecular weight excluding hydrogens is 829 g/mol. The lowest BCUT2D eigenvalue weighted by Crippen LogP contribution is -2.50. The third kappa shape index (κ3) is 8.61. The summed E-state index contributed by atoms with van der Waals surface area (Å²) in [5, 5.41) is 31.6. The number of methoxy groups -OCH3 is 2. The Bertz CT molecular complexity index is 2360. The SMILES string of the molecule is CCC1C=CC2CC3CCCC34c3cc(c5c(c3)OC3(CNC)CC(CC#CO5)C(CC(O)OC)C3)NC(=NC)NC#CCC3CCCC3(Cc3ccc(O)c(OC)c3)C(=O)C=CC4C2C1. The minimum atomic E-state index is -0.868. The van der Waals surface area contributed by atoms with E-state index in [-0.39, 0.29) is 40.6 Å². The second-order valence-electron chi connectivity index (χ2n) is 20.6. The maximum Gasteiger partial charge on any atom is 0.207 e.